The van der Waals surface area contributed by atoms with Crippen molar-refractivity contribution in [2.45, 2.75) is 19.8 Å². The quantitative estimate of drug-likeness (QED) is 0.276. The SMILES string of the molecule is CCCCNC(=S)N/N=C/c1ccc([N+](=O)[O-])s1. The number of thiophene rings is 1. The van der Waals surface area contributed by atoms with Gasteiger partial charge in [-0.15, -0.1) is 0 Å². The maximum atomic E-state index is 10.5. The van der Waals surface area contributed by atoms with E-state index in [1.807, 2.05) is 0 Å². The smallest absolute Gasteiger partial charge is 0.324 e. The van der Waals surface area contributed by atoms with Crippen molar-refractivity contribution in [2.75, 3.05) is 6.54 Å². The van der Waals surface area contributed by atoms with Gasteiger partial charge in [-0.1, -0.05) is 24.7 Å². The Hall–Kier alpha value is -1.54. The molecule has 8 heteroatoms. The second kappa shape index (κ2) is 7.72. The zero-order valence-corrected chi connectivity index (χ0v) is 11.5. The highest BCUT2D eigenvalue weighted by atomic mass is 32.1. The molecule has 0 aliphatic heterocycles. The highest BCUT2D eigenvalue weighted by molar-refractivity contribution is 7.80. The summed E-state index contributed by atoms with van der Waals surface area (Å²) < 4.78 is 0. The number of rotatable bonds is 6. The number of nitro groups is 1. The maximum absolute atomic E-state index is 10.5. The summed E-state index contributed by atoms with van der Waals surface area (Å²) in [5.41, 5.74) is 2.66. The summed E-state index contributed by atoms with van der Waals surface area (Å²) in [6.45, 7) is 2.91. The molecule has 0 atom stereocenters. The summed E-state index contributed by atoms with van der Waals surface area (Å²) in [6.07, 6.45) is 3.64. The van der Waals surface area contributed by atoms with Crippen molar-refractivity contribution in [3.8, 4) is 0 Å². The molecule has 18 heavy (non-hydrogen) atoms. The van der Waals surface area contributed by atoms with Crippen LogP contribution in [-0.2, 0) is 0 Å². The van der Waals surface area contributed by atoms with Gasteiger partial charge in [-0.25, -0.2) is 0 Å². The molecular formula is C10H14N4O2S2. The van der Waals surface area contributed by atoms with Crippen LogP contribution in [0.25, 0.3) is 0 Å². The predicted molar refractivity (Wildman–Crippen MR) is 77.2 cm³/mol. The highest BCUT2D eigenvalue weighted by Crippen LogP contribution is 2.22. The van der Waals surface area contributed by atoms with Gasteiger partial charge in [0.25, 0.3) is 0 Å². The van der Waals surface area contributed by atoms with Crippen molar-refractivity contribution in [2.24, 2.45) is 5.10 Å². The third-order valence-corrected chi connectivity index (χ3v) is 3.17. The van der Waals surface area contributed by atoms with Gasteiger partial charge in [0.2, 0.25) is 0 Å². The van der Waals surface area contributed by atoms with Crippen molar-refractivity contribution < 1.29 is 4.92 Å². The molecule has 0 aliphatic carbocycles. The van der Waals surface area contributed by atoms with Gasteiger partial charge < -0.3 is 5.32 Å². The molecule has 0 amide bonds. The van der Waals surface area contributed by atoms with Crippen LogP contribution in [0.5, 0.6) is 0 Å². The van der Waals surface area contributed by atoms with Crippen molar-refractivity contribution in [3.63, 3.8) is 0 Å². The minimum absolute atomic E-state index is 0.0973. The molecule has 98 valence electrons. The lowest BCUT2D eigenvalue weighted by molar-refractivity contribution is -0.380. The number of hydrogen-bond donors (Lipinski definition) is 2. The molecule has 1 heterocycles. The van der Waals surface area contributed by atoms with Crippen LogP contribution in [-0.4, -0.2) is 22.8 Å². The van der Waals surface area contributed by atoms with E-state index in [0.29, 0.717) is 9.99 Å². The molecule has 0 aromatic carbocycles. The molecule has 0 spiro atoms. The first-order valence-corrected chi connectivity index (χ1v) is 6.67. The van der Waals surface area contributed by atoms with Gasteiger partial charge in [-0.2, -0.15) is 5.10 Å². The Kier molecular flexibility index (Phi) is 6.23. The van der Waals surface area contributed by atoms with E-state index in [9.17, 15) is 10.1 Å². The number of nitrogens with one attached hydrogen (secondary N) is 2. The van der Waals surface area contributed by atoms with Crippen LogP contribution in [0, 0.1) is 10.1 Å². The summed E-state index contributed by atoms with van der Waals surface area (Å²) in [6, 6.07) is 3.09. The molecule has 0 saturated carbocycles. The lowest BCUT2D eigenvalue weighted by Crippen LogP contribution is -2.32. The van der Waals surface area contributed by atoms with Crippen molar-refractivity contribution in [3.05, 3.63) is 27.1 Å². The van der Waals surface area contributed by atoms with Gasteiger partial charge in [-0.3, -0.25) is 15.5 Å². The van der Waals surface area contributed by atoms with Crippen LogP contribution in [0.4, 0.5) is 5.00 Å². The molecule has 0 fully saturated rings. The van der Waals surface area contributed by atoms with Gasteiger partial charge in [0.1, 0.15) is 0 Å². The molecule has 0 unspecified atom stereocenters. The second-order valence-electron chi connectivity index (χ2n) is 3.41. The standard InChI is InChI=1S/C10H14N4O2S2/c1-2-3-6-11-10(17)13-12-7-8-4-5-9(18-8)14(15)16/h4-5,7H,2-3,6H2,1H3,(H2,11,13,17)/b12-7+. The monoisotopic (exact) mass is 286 g/mol. The van der Waals surface area contributed by atoms with Crippen LogP contribution < -0.4 is 10.7 Å². The Bertz CT molecular complexity index is 445. The molecule has 1 rings (SSSR count). The van der Waals surface area contributed by atoms with Crippen LogP contribution in [0.2, 0.25) is 0 Å². The van der Waals surface area contributed by atoms with Crippen LogP contribution >= 0.6 is 23.6 Å². The maximum Gasteiger partial charge on any atom is 0.324 e. The Morgan fingerprint density at radius 2 is 2.44 bits per heavy atom. The topological polar surface area (TPSA) is 79.6 Å². The van der Waals surface area contributed by atoms with E-state index < -0.39 is 4.92 Å². The number of hydrogen-bond acceptors (Lipinski definition) is 5. The zero-order chi connectivity index (χ0) is 13.4. The fraction of sp³-hybridized carbons (Fsp3) is 0.400. The number of hydrazone groups is 1. The Morgan fingerprint density at radius 3 is 3.06 bits per heavy atom. The van der Waals surface area contributed by atoms with Gasteiger partial charge in [0.05, 0.1) is 16.0 Å². The van der Waals surface area contributed by atoms with E-state index in [-0.39, 0.29) is 5.00 Å². The fourth-order valence-electron chi connectivity index (χ4n) is 1.08. The van der Waals surface area contributed by atoms with Crippen LogP contribution in [0.3, 0.4) is 0 Å². The summed E-state index contributed by atoms with van der Waals surface area (Å²) in [5, 5.41) is 17.9. The highest BCUT2D eigenvalue weighted by Gasteiger charge is 2.07. The van der Waals surface area contributed by atoms with Gasteiger partial charge in [0.15, 0.2) is 5.11 Å². The van der Waals surface area contributed by atoms with E-state index in [0.717, 1.165) is 30.7 Å². The summed E-state index contributed by atoms with van der Waals surface area (Å²) in [7, 11) is 0. The largest absolute Gasteiger partial charge is 0.361 e. The lowest BCUT2D eigenvalue weighted by atomic mass is 10.3. The molecule has 1 aromatic rings. The minimum Gasteiger partial charge on any atom is -0.361 e. The predicted octanol–water partition coefficient (Wildman–Crippen LogP) is 2.25. The fourth-order valence-corrected chi connectivity index (χ4v) is 1.93. The number of thiocarbonyl (C=S) groups is 1. The molecular weight excluding hydrogens is 272 g/mol. The third-order valence-electron chi connectivity index (χ3n) is 1.97. The Balaban J connectivity index is 2.35. The number of unbranched alkanes of at least 4 members (excludes halogenated alkanes) is 1. The van der Waals surface area contributed by atoms with E-state index in [2.05, 4.69) is 22.8 Å². The average molecular weight is 286 g/mol. The molecule has 1 aromatic heterocycles. The van der Waals surface area contributed by atoms with E-state index in [1.165, 1.54) is 12.3 Å². The first-order chi connectivity index (χ1) is 8.63. The summed E-state index contributed by atoms with van der Waals surface area (Å²) in [5.74, 6) is 0. The molecule has 0 radical (unpaired) electrons. The average Bonchev–Trinajstić information content (AvgIpc) is 2.78. The van der Waals surface area contributed by atoms with Crippen molar-refractivity contribution in [1.29, 1.82) is 0 Å². The molecule has 0 saturated heterocycles. The van der Waals surface area contributed by atoms with Crippen molar-refractivity contribution in [1.82, 2.24) is 10.7 Å². The van der Waals surface area contributed by atoms with Gasteiger partial charge in [-0.05, 0) is 24.7 Å². The lowest BCUT2D eigenvalue weighted by Gasteiger charge is -2.04. The third kappa shape index (κ3) is 5.19. The normalized spacial score (nSPS) is 10.5. The second-order valence-corrected chi connectivity index (χ2v) is 4.91. The molecule has 2 N–H and O–H groups in total. The van der Waals surface area contributed by atoms with Gasteiger partial charge >= 0.3 is 5.00 Å². The summed E-state index contributed by atoms with van der Waals surface area (Å²) in [4.78, 5) is 10.7. The zero-order valence-electron chi connectivity index (χ0n) is 9.88. The first-order valence-electron chi connectivity index (χ1n) is 5.44. The first kappa shape index (κ1) is 14.5. The minimum atomic E-state index is -0.424. The van der Waals surface area contributed by atoms with Gasteiger partial charge in [0, 0.05) is 12.6 Å². The molecule has 0 aliphatic rings. The van der Waals surface area contributed by atoms with E-state index in [4.69, 9.17) is 12.2 Å². The Morgan fingerprint density at radius 1 is 1.67 bits per heavy atom. The number of nitrogens with zero attached hydrogens (tertiary/aromatic N) is 2. The Labute approximate surface area is 114 Å². The molecule has 0 bridgehead atoms. The van der Waals surface area contributed by atoms with E-state index >= 15 is 0 Å². The van der Waals surface area contributed by atoms with Crippen LogP contribution in [0.15, 0.2) is 17.2 Å². The van der Waals surface area contributed by atoms with Crippen molar-refractivity contribution >= 4 is 39.9 Å². The van der Waals surface area contributed by atoms with Crippen LogP contribution in [0.1, 0.15) is 24.6 Å². The molecule has 6 nitrogen and oxygen atoms in total. The van der Waals surface area contributed by atoms with E-state index in [1.54, 1.807) is 6.07 Å². The summed E-state index contributed by atoms with van der Waals surface area (Å²) >= 11 is 6.05.